The lowest BCUT2D eigenvalue weighted by Gasteiger charge is -2.26. The van der Waals surface area contributed by atoms with Crippen molar-refractivity contribution in [2.75, 3.05) is 25.1 Å². The molecule has 0 aromatic carbocycles. The van der Waals surface area contributed by atoms with E-state index < -0.39 is 0 Å². The van der Waals surface area contributed by atoms with E-state index in [2.05, 4.69) is 35.1 Å². The molecule has 1 heterocycles. The molecule has 1 fully saturated rings. The summed E-state index contributed by atoms with van der Waals surface area (Å²) in [5, 5.41) is 4.69. The summed E-state index contributed by atoms with van der Waals surface area (Å²) in [6.07, 6.45) is 2.44. The fraction of sp³-hybridized carbons (Fsp3) is 1.00. The number of halogens is 1. The Morgan fingerprint density at radius 1 is 1.36 bits per heavy atom. The molecule has 1 aliphatic rings. The van der Waals surface area contributed by atoms with Gasteiger partial charge in [0.2, 0.25) is 0 Å². The van der Waals surface area contributed by atoms with Crippen molar-refractivity contribution in [3.8, 4) is 0 Å². The lowest BCUT2D eigenvalue weighted by molar-refractivity contribution is 0.0652. The summed E-state index contributed by atoms with van der Waals surface area (Å²) in [6.45, 7) is 7.59. The molecular formula is C11H22BrNO. The van der Waals surface area contributed by atoms with Gasteiger partial charge in [-0.05, 0) is 31.2 Å². The van der Waals surface area contributed by atoms with E-state index in [-0.39, 0.29) is 0 Å². The minimum Gasteiger partial charge on any atom is -0.381 e. The molecule has 14 heavy (non-hydrogen) atoms. The van der Waals surface area contributed by atoms with Crippen LogP contribution >= 0.6 is 15.9 Å². The Morgan fingerprint density at radius 2 is 2.00 bits per heavy atom. The molecule has 0 spiro atoms. The lowest BCUT2D eigenvalue weighted by atomic mass is 9.99. The van der Waals surface area contributed by atoms with Gasteiger partial charge in [0.1, 0.15) is 0 Å². The van der Waals surface area contributed by atoms with Crippen LogP contribution in [0.2, 0.25) is 0 Å². The summed E-state index contributed by atoms with van der Waals surface area (Å²) in [4.78, 5) is 0. The normalized spacial score (nSPS) is 21.4. The number of rotatable bonds is 5. The van der Waals surface area contributed by atoms with E-state index in [1.165, 1.54) is 12.8 Å². The molecule has 0 radical (unpaired) electrons. The van der Waals surface area contributed by atoms with Crippen molar-refractivity contribution in [2.24, 2.45) is 11.8 Å². The van der Waals surface area contributed by atoms with Crippen LogP contribution in [0.3, 0.4) is 0 Å². The maximum atomic E-state index is 5.34. The van der Waals surface area contributed by atoms with Crippen LogP contribution in [0.5, 0.6) is 0 Å². The molecule has 0 aromatic heterocycles. The molecule has 0 saturated carbocycles. The number of ether oxygens (including phenoxy) is 1. The first-order valence-electron chi connectivity index (χ1n) is 5.61. The lowest BCUT2D eigenvalue weighted by Crippen LogP contribution is -2.39. The Bertz CT molecular complexity index is 146. The predicted octanol–water partition coefficient (Wildman–Crippen LogP) is 2.42. The number of hydrogen-bond donors (Lipinski definition) is 1. The van der Waals surface area contributed by atoms with Gasteiger partial charge in [-0.3, -0.25) is 0 Å². The van der Waals surface area contributed by atoms with Gasteiger partial charge in [0.05, 0.1) is 0 Å². The zero-order chi connectivity index (χ0) is 10.4. The van der Waals surface area contributed by atoms with Gasteiger partial charge < -0.3 is 10.1 Å². The maximum absolute atomic E-state index is 5.34. The first-order chi connectivity index (χ1) is 6.74. The van der Waals surface area contributed by atoms with Gasteiger partial charge in [0.15, 0.2) is 0 Å². The highest BCUT2D eigenvalue weighted by Gasteiger charge is 2.16. The van der Waals surface area contributed by atoms with Crippen LogP contribution in [0.15, 0.2) is 0 Å². The summed E-state index contributed by atoms with van der Waals surface area (Å²) in [5.74, 6) is 1.53. The predicted molar refractivity (Wildman–Crippen MR) is 64.0 cm³/mol. The third-order valence-corrected chi connectivity index (χ3v) is 3.68. The van der Waals surface area contributed by atoms with E-state index in [4.69, 9.17) is 4.74 Å². The van der Waals surface area contributed by atoms with Gasteiger partial charge in [-0.25, -0.2) is 0 Å². The molecule has 0 aliphatic carbocycles. The molecule has 1 saturated heterocycles. The second-order valence-electron chi connectivity index (χ2n) is 4.47. The number of alkyl halides is 1. The van der Waals surface area contributed by atoms with Crippen molar-refractivity contribution in [3.63, 3.8) is 0 Å². The summed E-state index contributed by atoms with van der Waals surface area (Å²) in [6, 6.07) is 0.609. The molecule has 1 atom stereocenters. The van der Waals surface area contributed by atoms with Crippen LogP contribution < -0.4 is 5.32 Å². The van der Waals surface area contributed by atoms with Gasteiger partial charge in [0, 0.05) is 24.6 Å². The molecule has 1 rings (SSSR count). The van der Waals surface area contributed by atoms with Crippen molar-refractivity contribution < 1.29 is 4.74 Å². The standard InChI is InChI=1S/C11H22BrNO/c1-9(2)11(7-12)13-8-10-3-5-14-6-4-10/h9-11,13H,3-8H2,1-2H3. The average molecular weight is 264 g/mol. The first-order valence-corrected chi connectivity index (χ1v) is 6.73. The van der Waals surface area contributed by atoms with Crippen LogP contribution in [0, 0.1) is 11.8 Å². The second-order valence-corrected chi connectivity index (χ2v) is 5.12. The summed E-state index contributed by atoms with van der Waals surface area (Å²) in [5.41, 5.74) is 0. The van der Waals surface area contributed by atoms with E-state index in [0.29, 0.717) is 12.0 Å². The van der Waals surface area contributed by atoms with E-state index in [0.717, 1.165) is 31.0 Å². The Morgan fingerprint density at radius 3 is 2.50 bits per heavy atom. The zero-order valence-corrected chi connectivity index (χ0v) is 10.8. The van der Waals surface area contributed by atoms with Crippen LogP contribution in [0.1, 0.15) is 26.7 Å². The average Bonchev–Trinajstić information content (AvgIpc) is 2.20. The van der Waals surface area contributed by atoms with Crippen LogP contribution in [0.4, 0.5) is 0 Å². The van der Waals surface area contributed by atoms with Gasteiger partial charge in [-0.15, -0.1) is 0 Å². The molecule has 3 heteroatoms. The Labute approximate surface area is 95.9 Å². The molecular weight excluding hydrogens is 242 g/mol. The van der Waals surface area contributed by atoms with Gasteiger partial charge in [0.25, 0.3) is 0 Å². The summed E-state index contributed by atoms with van der Waals surface area (Å²) in [7, 11) is 0. The molecule has 1 unspecified atom stereocenters. The minimum atomic E-state index is 0.609. The summed E-state index contributed by atoms with van der Waals surface area (Å²) < 4.78 is 5.34. The molecule has 1 aliphatic heterocycles. The van der Waals surface area contributed by atoms with Crippen molar-refractivity contribution in [3.05, 3.63) is 0 Å². The smallest absolute Gasteiger partial charge is 0.0469 e. The van der Waals surface area contributed by atoms with E-state index in [9.17, 15) is 0 Å². The van der Waals surface area contributed by atoms with Crippen molar-refractivity contribution in [2.45, 2.75) is 32.7 Å². The highest BCUT2D eigenvalue weighted by Crippen LogP contribution is 2.14. The van der Waals surface area contributed by atoms with Gasteiger partial charge in [-0.2, -0.15) is 0 Å². The van der Waals surface area contributed by atoms with Crippen LogP contribution in [-0.4, -0.2) is 31.1 Å². The largest absolute Gasteiger partial charge is 0.381 e. The van der Waals surface area contributed by atoms with E-state index in [1.54, 1.807) is 0 Å². The molecule has 0 aromatic rings. The minimum absolute atomic E-state index is 0.609. The molecule has 84 valence electrons. The Hall–Kier alpha value is 0.400. The number of nitrogens with one attached hydrogen (secondary N) is 1. The van der Waals surface area contributed by atoms with Crippen molar-refractivity contribution in [1.29, 1.82) is 0 Å². The SMILES string of the molecule is CC(C)C(CBr)NCC1CCOCC1. The molecule has 1 N–H and O–H groups in total. The van der Waals surface area contributed by atoms with Crippen molar-refractivity contribution in [1.82, 2.24) is 5.32 Å². The second kappa shape index (κ2) is 6.81. The Kier molecular flexibility index (Phi) is 6.06. The highest BCUT2D eigenvalue weighted by molar-refractivity contribution is 9.09. The number of hydrogen-bond acceptors (Lipinski definition) is 2. The fourth-order valence-corrected chi connectivity index (χ4v) is 2.71. The summed E-state index contributed by atoms with van der Waals surface area (Å²) >= 11 is 3.55. The van der Waals surface area contributed by atoms with Crippen LogP contribution in [-0.2, 0) is 4.74 Å². The third kappa shape index (κ3) is 4.28. The molecule has 0 amide bonds. The molecule has 0 bridgehead atoms. The van der Waals surface area contributed by atoms with Gasteiger partial charge >= 0.3 is 0 Å². The monoisotopic (exact) mass is 263 g/mol. The zero-order valence-electron chi connectivity index (χ0n) is 9.26. The van der Waals surface area contributed by atoms with Crippen LogP contribution in [0.25, 0.3) is 0 Å². The molecule has 2 nitrogen and oxygen atoms in total. The fourth-order valence-electron chi connectivity index (χ4n) is 1.74. The topological polar surface area (TPSA) is 21.3 Å². The van der Waals surface area contributed by atoms with Crippen molar-refractivity contribution >= 4 is 15.9 Å². The van der Waals surface area contributed by atoms with E-state index in [1.807, 2.05) is 0 Å². The third-order valence-electron chi connectivity index (χ3n) is 2.98. The quantitative estimate of drug-likeness (QED) is 0.770. The maximum Gasteiger partial charge on any atom is 0.0469 e. The Balaban J connectivity index is 2.16. The highest BCUT2D eigenvalue weighted by atomic mass is 79.9. The van der Waals surface area contributed by atoms with E-state index >= 15 is 0 Å². The first kappa shape index (κ1) is 12.5. The van der Waals surface area contributed by atoms with Gasteiger partial charge in [-0.1, -0.05) is 29.8 Å².